The van der Waals surface area contributed by atoms with Crippen molar-refractivity contribution in [2.75, 3.05) is 7.05 Å². The van der Waals surface area contributed by atoms with Gasteiger partial charge in [-0.15, -0.1) is 0 Å². The van der Waals surface area contributed by atoms with Crippen molar-refractivity contribution in [3.63, 3.8) is 0 Å². The van der Waals surface area contributed by atoms with Crippen molar-refractivity contribution in [3.8, 4) is 0 Å². The van der Waals surface area contributed by atoms with Crippen molar-refractivity contribution < 1.29 is 14.7 Å². The lowest BCUT2D eigenvalue weighted by atomic mass is 10.5. The first kappa shape index (κ1) is 9.24. The summed E-state index contributed by atoms with van der Waals surface area (Å²) in [4.78, 5) is 28.8. The first-order valence-corrected chi connectivity index (χ1v) is 3.58. The zero-order valence-electron chi connectivity index (χ0n) is 7.02. The van der Waals surface area contributed by atoms with Crippen LogP contribution in [0, 0.1) is 0 Å². The van der Waals surface area contributed by atoms with Crippen molar-refractivity contribution in [2.24, 2.45) is 0 Å². The molecule has 1 rings (SSSR count). The van der Waals surface area contributed by atoms with Gasteiger partial charge in [-0.3, -0.25) is 4.79 Å². The van der Waals surface area contributed by atoms with E-state index in [1.807, 2.05) is 0 Å². The molecule has 70 valence electrons. The molecule has 1 amide bonds. The van der Waals surface area contributed by atoms with E-state index in [0.29, 0.717) is 5.82 Å². The van der Waals surface area contributed by atoms with Gasteiger partial charge in [-0.25, -0.2) is 9.78 Å². The van der Waals surface area contributed by atoms with Gasteiger partial charge in [0.05, 0.1) is 6.54 Å². The van der Waals surface area contributed by atoms with Crippen LogP contribution < -0.4 is 0 Å². The third-order valence-electron chi connectivity index (χ3n) is 1.47. The first-order valence-electron chi connectivity index (χ1n) is 3.58. The molecule has 0 unspecified atom stereocenters. The molecule has 6 nitrogen and oxygen atoms in total. The van der Waals surface area contributed by atoms with E-state index in [2.05, 4.69) is 9.97 Å². The smallest absolute Gasteiger partial charge is 0.394 e. The highest BCUT2D eigenvalue weighted by Crippen LogP contribution is 1.95. The van der Waals surface area contributed by atoms with Gasteiger partial charge in [0, 0.05) is 19.4 Å². The number of nitrogens with zero attached hydrogens (tertiary/aromatic N) is 2. The highest BCUT2D eigenvalue weighted by molar-refractivity contribution is 6.31. The molecule has 13 heavy (non-hydrogen) atoms. The Hall–Kier alpha value is -1.85. The summed E-state index contributed by atoms with van der Waals surface area (Å²) >= 11 is 0. The van der Waals surface area contributed by atoms with Crippen LogP contribution in [0.2, 0.25) is 0 Å². The number of carboxylic acid groups (broad SMARTS) is 1. The molecule has 0 aliphatic carbocycles. The molecular formula is C7H9N3O3. The summed E-state index contributed by atoms with van der Waals surface area (Å²) in [6, 6.07) is 0. The van der Waals surface area contributed by atoms with Crippen molar-refractivity contribution in [2.45, 2.75) is 6.54 Å². The molecule has 1 aromatic heterocycles. The predicted molar refractivity (Wildman–Crippen MR) is 42.7 cm³/mol. The van der Waals surface area contributed by atoms with Gasteiger partial charge >= 0.3 is 11.9 Å². The van der Waals surface area contributed by atoms with Crippen molar-refractivity contribution in [1.29, 1.82) is 0 Å². The van der Waals surface area contributed by atoms with Gasteiger partial charge in [-0.1, -0.05) is 0 Å². The van der Waals surface area contributed by atoms with Crippen LogP contribution in [-0.2, 0) is 16.1 Å². The number of carbonyl (C=O) groups excluding carboxylic acids is 1. The van der Waals surface area contributed by atoms with E-state index in [-0.39, 0.29) is 6.54 Å². The number of rotatable bonds is 2. The average molecular weight is 183 g/mol. The van der Waals surface area contributed by atoms with E-state index in [1.165, 1.54) is 13.2 Å². The number of aromatic amines is 1. The molecular weight excluding hydrogens is 174 g/mol. The summed E-state index contributed by atoms with van der Waals surface area (Å²) in [6.45, 7) is 0.165. The summed E-state index contributed by atoms with van der Waals surface area (Å²) in [5, 5.41) is 8.36. The van der Waals surface area contributed by atoms with Crippen molar-refractivity contribution in [3.05, 3.63) is 18.2 Å². The molecule has 0 aromatic carbocycles. The Morgan fingerprint density at radius 2 is 2.38 bits per heavy atom. The predicted octanol–water partition coefficient (Wildman–Crippen LogP) is -0.547. The fourth-order valence-electron chi connectivity index (χ4n) is 0.844. The van der Waals surface area contributed by atoms with Gasteiger partial charge in [-0.2, -0.15) is 0 Å². The first-order chi connectivity index (χ1) is 6.11. The van der Waals surface area contributed by atoms with Gasteiger partial charge in [-0.05, 0) is 0 Å². The van der Waals surface area contributed by atoms with Gasteiger partial charge < -0.3 is 15.0 Å². The van der Waals surface area contributed by atoms with Crippen LogP contribution >= 0.6 is 0 Å². The third-order valence-corrected chi connectivity index (χ3v) is 1.47. The maximum Gasteiger partial charge on any atom is 0.394 e. The zero-order chi connectivity index (χ0) is 9.84. The van der Waals surface area contributed by atoms with Crippen LogP contribution in [0.5, 0.6) is 0 Å². The molecule has 0 fully saturated rings. The summed E-state index contributed by atoms with van der Waals surface area (Å²) in [7, 11) is 1.40. The number of aliphatic carboxylic acids is 1. The molecule has 6 heteroatoms. The number of aromatic nitrogens is 2. The molecule has 0 bridgehead atoms. The molecule has 0 saturated carbocycles. The summed E-state index contributed by atoms with van der Waals surface area (Å²) < 4.78 is 0. The molecule has 1 aromatic rings. The van der Waals surface area contributed by atoms with E-state index in [4.69, 9.17) is 5.11 Å². The Bertz CT molecular complexity index is 307. The number of hydrogen-bond donors (Lipinski definition) is 2. The number of hydrogen-bond acceptors (Lipinski definition) is 3. The molecule has 2 N–H and O–H groups in total. The minimum absolute atomic E-state index is 0.165. The fraction of sp³-hybridized carbons (Fsp3) is 0.286. The van der Waals surface area contributed by atoms with Crippen LogP contribution in [0.15, 0.2) is 12.4 Å². The minimum Gasteiger partial charge on any atom is -0.474 e. The standard InChI is InChI=1S/C7H9N3O3/c1-10(6(11)7(12)13)4-5-8-2-3-9-5/h2-3H,4H2,1H3,(H,8,9)(H,12,13). The summed E-state index contributed by atoms with van der Waals surface area (Å²) in [5.41, 5.74) is 0. The van der Waals surface area contributed by atoms with Crippen LogP contribution in [0.1, 0.15) is 5.82 Å². The molecule has 0 spiro atoms. The quantitative estimate of drug-likeness (QED) is 0.602. The number of nitrogens with one attached hydrogen (secondary N) is 1. The molecule has 0 aliphatic heterocycles. The third kappa shape index (κ3) is 2.29. The molecule has 0 aliphatic rings. The van der Waals surface area contributed by atoms with Crippen LogP contribution in [0.3, 0.4) is 0 Å². The van der Waals surface area contributed by atoms with Crippen LogP contribution in [-0.4, -0.2) is 38.9 Å². The second-order valence-corrected chi connectivity index (χ2v) is 2.50. The van der Waals surface area contributed by atoms with Crippen molar-refractivity contribution >= 4 is 11.9 Å². The normalized spacial score (nSPS) is 9.62. The van der Waals surface area contributed by atoms with Gasteiger partial charge in [0.15, 0.2) is 0 Å². The van der Waals surface area contributed by atoms with Gasteiger partial charge in [0.25, 0.3) is 0 Å². The Labute approximate surface area is 74.2 Å². The van der Waals surface area contributed by atoms with Gasteiger partial charge in [0.2, 0.25) is 0 Å². The lowest BCUT2D eigenvalue weighted by Crippen LogP contribution is -2.32. The fourth-order valence-corrected chi connectivity index (χ4v) is 0.844. The highest BCUT2D eigenvalue weighted by atomic mass is 16.4. The lowest BCUT2D eigenvalue weighted by Gasteiger charge is -2.11. The topological polar surface area (TPSA) is 86.3 Å². The maximum absolute atomic E-state index is 10.9. The number of likely N-dealkylation sites (N-methyl/N-ethyl adjacent to an activating group) is 1. The van der Waals surface area contributed by atoms with E-state index in [0.717, 1.165) is 4.90 Å². The molecule has 0 atom stereocenters. The van der Waals surface area contributed by atoms with E-state index in [9.17, 15) is 9.59 Å². The zero-order valence-corrected chi connectivity index (χ0v) is 7.02. The summed E-state index contributed by atoms with van der Waals surface area (Å²) in [6.07, 6.45) is 3.14. The van der Waals surface area contributed by atoms with E-state index in [1.54, 1.807) is 6.20 Å². The number of amides is 1. The molecule has 1 heterocycles. The molecule has 0 saturated heterocycles. The number of carbonyl (C=O) groups is 2. The van der Waals surface area contributed by atoms with E-state index >= 15 is 0 Å². The number of H-pyrrole nitrogens is 1. The monoisotopic (exact) mass is 183 g/mol. The largest absolute Gasteiger partial charge is 0.474 e. The maximum atomic E-state index is 10.9. The molecule has 0 radical (unpaired) electrons. The van der Waals surface area contributed by atoms with Crippen LogP contribution in [0.25, 0.3) is 0 Å². The Morgan fingerprint density at radius 1 is 1.69 bits per heavy atom. The lowest BCUT2D eigenvalue weighted by molar-refractivity contribution is -0.155. The Morgan fingerprint density at radius 3 is 2.85 bits per heavy atom. The number of carboxylic acids is 1. The Kier molecular flexibility index (Phi) is 2.63. The SMILES string of the molecule is CN(Cc1ncc[nH]1)C(=O)C(=O)O. The summed E-state index contributed by atoms with van der Waals surface area (Å²) in [5.74, 6) is -1.86. The highest BCUT2D eigenvalue weighted by Gasteiger charge is 2.17. The minimum atomic E-state index is -1.46. The average Bonchev–Trinajstić information content (AvgIpc) is 2.55. The van der Waals surface area contributed by atoms with Crippen LogP contribution in [0.4, 0.5) is 0 Å². The Balaban J connectivity index is 2.55. The van der Waals surface area contributed by atoms with Crippen molar-refractivity contribution in [1.82, 2.24) is 14.9 Å². The van der Waals surface area contributed by atoms with Gasteiger partial charge in [0.1, 0.15) is 5.82 Å². The van der Waals surface area contributed by atoms with E-state index < -0.39 is 11.9 Å². The number of imidazole rings is 1. The second-order valence-electron chi connectivity index (χ2n) is 2.50. The second kappa shape index (κ2) is 3.70.